The van der Waals surface area contributed by atoms with Gasteiger partial charge in [-0.1, -0.05) is 6.92 Å². The predicted molar refractivity (Wildman–Crippen MR) is 86.1 cm³/mol. The van der Waals surface area contributed by atoms with Crippen LogP contribution in [0, 0.1) is 5.41 Å². The number of likely N-dealkylation sites (tertiary alicyclic amines) is 2. The van der Waals surface area contributed by atoms with Crippen molar-refractivity contribution in [1.82, 2.24) is 15.1 Å². The van der Waals surface area contributed by atoms with Crippen LogP contribution in [0.3, 0.4) is 0 Å². The Morgan fingerprint density at radius 3 is 2.57 bits per heavy atom. The molecule has 0 aliphatic carbocycles. The summed E-state index contributed by atoms with van der Waals surface area (Å²) in [6, 6.07) is 0.275. The van der Waals surface area contributed by atoms with E-state index in [1.165, 1.54) is 12.8 Å². The second-order valence-corrected chi connectivity index (χ2v) is 7.72. The summed E-state index contributed by atoms with van der Waals surface area (Å²) in [6.45, 7) is 10.5. The normalized spacial score (nSPS) is 30.8. The van der Waals surface area contributed by atoms with Crippen LogP contribution in [-0.4, -0.2) is 67.1 Å². The van der Waals surface area contributed by atoms with Crippen molar-refractivity contribution in [2.24, 2.45) is 11.1 Å². The van der Waals surface area contributed by atoms with Crippen LogP contribution < -0.4 is 11.1 Å². The number of rotatable bonds is 4. The van der Waals surface area contributed by atoms with E-state index in [1.807, 2.05) is 13.8 Å². The molecule has 122 valence electrons. The standard InChI is InChI=1S/C16H32N4O/c1-12(2)18-15(21)14-9-13(17)10-20(14)11-16(3)5-7-19(4)8-6-16/h12-14H,5-11,17H2,1-4H3,(H,18,21)/t13-,14+/m1/s1. The molecule has 3 N–H and O–H groups in total. The molecule has 5 heteroatoms. The molecule has 0 saturated carbocycles. The van der Waals surface area contributed by atoms with Crippen molar-refractivity contribution >= 4 is 5.91 Å². The Bertz CT molecular complexity index is 363. The van der Waals surface area contributed by atoms with Gasteiger partial charge in [-0.15, -0.1) is 0 Å². The van der Waals surface area contributed by atoms with Crippen LogP contribution in [0.1, 0.15) is 40.0 Å². The van der Waals surface area contributed by atoms with Gasteiger partial charge in [-0.25, -0.2) is 0 Å². The zero-order valence-corrected chi connectivity index (χ0v) is 14.1. The lowest BCUT2D eigenvalue weighted by Gasteiger charge is -2.41. The molecule has 5 nitrogen and oxygen atoms in total. The topological polar surface area (TPSA) is 61.6 Å². The summed E-state index contributed by atoms with van der Waals surface area (Å²) in [4.78, 5) is 17.1. The molecule has 0 aromatic rings. The van der Waals surface area contributed by atoms with Crippen molar-refractivity contribution in [1.29, 1.82) is 0 Å². The average molecular weight is 296 g/mol. The van der Waals surface area contributed by atoms with Gasteiger partial charge in [-0.2, -0.15) is 0 Å². The number of nitrogens with one attached hydrogen (secondary N) is 1. The molecule has 21 heavy (non-hydrogen) atoms. The summed E-state index contributed by atoms with van der Waals surface area (Å²) in [5.74, 6) is 0.148. The first kappa shape index (κ1) is 16.7. The van der Waals surface area contributed by atoms with Crippen LogP contribution in [0.15, 0.2) is 0 Å². The van der Waals surface area contributed by atoms with Gasteiger partial charge in [0.15, 0.2) is 0 Å². The number of nitrogens with zero attached hydrogens (tertiary/aromatic N) is 2. The number of piperidine rings is 1. The maximum absolute atomic E-state index is 12.4. The highest BCUT2D eigenvalue weighted by Gasteiger charge is 2.40. The highest BCUT2D eigenvalue weighted by molar-refractivity contribution is 5.82. The summed E-state index contributed by atoms with van der Waals surface area (Å²) >= 11 is 0. The smallest absolute Gasteiger partial charge is 0.237 e. The van der Waals surface area contributed by atoms with Gasteiger partial charge in [0, 0.05) is 25.2 Å². The summed E-state index contributed by atoms with van der Waals surface area (Å²) in [6.07, 6.45) is 3.19. The van der Waals surface area contributed by atoms with E-state index < -0.39 is 0 Å². The Kier molecular flexibility index (Phi) is 5.28. The Hall–Kier alpha value is -0.650. The number of hydrogen-bond donors (Lipinski definition) is 2. The molecule has 2 rings (SSSR count). The van der Waals surface area contributed by atoms with Gasteiger partial charge in [0.2, 0.25) is 5.91 Å². The molecule has 2 fully saturated rings. The lowest BCUT2D eigenvalue weighted by Crippen LogP contribution is -2.50. The van der Waals surface area contributed by atoms with E-state index in [9.17, 15) is 4.79 Å². The van der Waals surface area contributed by atoms with Crippen molar-refractivity contribution in [3.63, 3.8) is 0 Å². The van der Waals surface area contributed by atoms with Gasteiger partial charge in [0.25, 0.3) is 0 Å². The lowest BCUT2D eigenvalue weighted by molar-refractivity contribution is -0.126. The number of nitrogens with two attached hydrogens (primary N) is 1. The van der Waals surface area contributed by atoms with E-state index in [4.69, 9.17) is 5.73 Å². The third kappa shape index (κ3) is 4.41. The van der Waals surface area contributed by atoms with E-state index >= 15 is 0 Å². The first-order valence-electron chi connectivity index (χ1n) is 8.28. The highest BCUT2D eigenvalue weighted by atomic mass is 16.2. The molecule has 2 aliphatic heterocycles. The number of hydrogen-bond acceptors (Lipinski definition) is 4. The largest absolute Gasteiger partial charge is 0.353 e. The summed E-state index contributed by atoms with van der Waals surface area (Å²) < 4.78 is 0. The number of amides is 1. The van der Waals surface area contributed by atoms with E-state index in [2.05, 4.69) is 29.1 Å². The summed E-state index contributed by atoms with van der Waals surface area (Å²) in [5.41, 5.74) is 6.44. The lowest BCUT2D eigenvalue weighted by atomic mass is 9.80. The Morgan fingerprint density at radius 2 is 2.00 bits per heavy atom. The first-order chi connectivity index (χ1) is 9.79. The predicted octanol–water partition coefficient (Wildman–Crippen LogP) is 0.645. The van der Waals surface area contributed by atoms with Crippen molar-refractivity contribution < 1.29 is 4.79 Å². The zero-order chi connectivity index (χ0) is 15.6. The summed E-state index contributed by atoms with van der Waals surface area (Å²) in [5, 5.41) is 3.05. The van der Waals surface area contributed by atoms with Crippen LogP contribution in [0.4, 0.5) is 0 Å². The first-order valence-corrected chi connectivity index (χ1v) is 8.28. The minimum atomic E-state index is -0.0427. The molecule has 0 spiro atoms. The van der Waals surface area contributed by atoms with Crippen LogP contribution >= 0.6 is 0 Å². The molecule has 0 bridgehead atoms. The van der Waals surface area contributed by atoms with Gasteiger partial charge in [0.05, 0.1) is 6.04 Å². The van der Waals surface area contributed by atoms with Crippen molar-refractivity contribution in [2.75, 3.05) is 33.2 Å². The minimum Gasteiger partial charge on any atom is -0.353 e. The molecule has 0 unspecified atom stereocenters. The molecule has 2 heterocycles. The molecule has 0 aromatic heterocycles. The van der Waals surface area contributed by atoms with E-state index in [0.717, 1.165) is 32.6 Å². The molecule has 0 aromatic carbocycles. The van der Waals surface area contributed by atoms with E-state index in [1.54, 1.807) is 0 Å². The fourth-order valence-corrected chi connectivity index (χ4v) is 3.57. The van der Waals surface area contributed by atoms with Gasteiger partial charge in [0.1, 0.15) is 0 Å². The van der Waals surface area contributed by atoms with Crippen LogP contribution in [0.25, 0.3) is 0 Å². The van der Waals surface area contributed by atoms with Gasteiger partial charge < -0.3 is 16.0 Å². The van der Waals surface area contributed by atoms with Crippen molar-refractivity contribution in [2.45, 2.75) is 58.2 Å². The fourth-order valence-electron chi connectivity index (χ4n) is 3.57. The van der Waals surface area contributed by atoms with Crippen LogP contribution in [0.5, 0.6) is 0 Å². The summed E-state index contributed by atoms with van der Waals surface area (Å²) in [7, 11) is 2.18. The SMILES string of the molecule is CC(C)NC(=O)[C@@H]1C[C@@H](N)CN1CC1(C)CCN(C)CC1. The van der Waals surface area contributed by atoms with Gasteiger partial charge in [-0.05, 0) is 58.7 Å². The molecule has 0 radical (unpaired) electrons. The fraction of sp³-hybridized carbons (Fsp3) is 0.938. The van der Waals surface area contributed by atoms with Gasteiger partial charge in [-0.3, -0.25) is 9.69 Å². The monoisotopic (exact) mass is 296 g/mol. The third-order valence-electron chi connectivity index (χ3n) is 4.95. The zero-order valence-electron chi connectivity index (χ0n) is 14.1. The molecular formula is C16H32N4O. The maximum atomic E-state index is 12.4. The second-order valence-electron chi connectivity index (χ2n) is 7.72. The minimum absolute atomic E-state index is 0.0427. The Balaban J connectivity index is 1.98. The molecule has 2 atom stereocenters. The number of carbonyl (C=O) groups is 1. The van der Waals surface area contributed by atoms with Crippen LogP contribution in [-0.2, 0) is 4.79 Å². The molecular weight excluding hydrogens is 264 g/mol. The average Bonchev–Trinajstić information content (AvgIpc) is 2.73. The van der Waals surface area contributed by atoms with Crippen molar-refractivity contribution in [3.8, 4) is 0 Å². The second kappa shape index (κ2) is 6.63. The molecule has 2 saturated heterocycles. The molecule has 2 aliphatic rings. The third-order valence-corrected chi connectivity index (χ3v) is 4.95. The quantitative estimate of drug-likeness (QED) is 0.799. The molecule has 1 amide bonds. The number of carbonyl (C=O) groups excluding carboxylic acids is 1. The Morgan fingerprint density at radius 1 is 1.38 bits per heavy atom. The van der Waals surface area contributed by atoms with Crippen molar-refractivity contribution in [3.05, 3.63) is 0 Å². The van der Waals surface area contributed by atoms with E-state index in [-0.39, 0.29) is 24.0 Å². The van der Waals surface area contributed by atoms with Crippen LogP contribution in [0.2, 0.25) is 0 Å². The van der Waals surface area contributed by atoms with E-state index in [0.29, 0.717) is 5.41 Å². The maximum Gasteiger partial charge on any atom is 0.237 e. The Labute approximate surface area is 129 Å². The van der Waals surface area contributed by atoms with Gasteiger partial charge >= 0.3 is 0 Å². The highest BCUT2D eigenvalue weighted by Crippen LogP contribution is 2.33.